The lowest BCUT2D eigenvalue weighted by molar-refractivity contribution is -0.385. The van der Waals surface area contributed by atoms with Crippen LogP contribution in [0.4, 0.5) is 22.7 Å². The van der Waals surface area contributed by atoms with Crippen LogP contribution in [0.3, 0.4) is 0 Å². The smallest absolute Gasteiger partial charge is 0.338 e. The zero-order valence-electron chi connectivity index (χ0n) is 16.4. The molecule has 0 aliphatic carbocycles. The number of hydrogen-bond acceptors (Lipinski definition) is 8. The predicted octanol–water partition coefficient (Wildman–Crippen LogP) is 4.91. The van der Waals surface area contributed by atoms with Crippen molar-refractivity contribution in [3.63, 3.8) is 0 Å². The maximum atomic E-state index is 13.0. The van der Waals surface area contributed by atoms with Crippen molar-refractivity contribution in [2.75, 3.05) is 24.7 Å². The third-order valence-electron chi connectivity index (χ3n) is 3.65. The molecule has 160 valence electrons. The first-order chi connectivity index (χ1) is 14.3. The van der Waals surface area contributed by atoms with Crippen LogP contribution in [0, 0.1) is 20.2 Å². The molecule has 0 fully saturated rings. The minimum absolute atomic E-state index is 0.112. The van der Waals surface area contributed by atoms with Gasteiger partial charge < -0.3 is 14.4 Å². The lowest BCUT2D eigenvalue weighted by atomic mass is 10.2. The highest BCUT2D eigenvalue weighted by molar-refractivity contribution is 7.55. The molecule has 0 aliphatic rings. The number of hydrogen-bond donors (Lipinski definition) is 1. The molecule has 0 radical (unpaired) electrons. The topological polar surface area (TPSA) is 146 Å². The predicted molar refractivity (Wildman–Crippen MR) is 113 cm³/mol. The lowest BCUT2D eigenvalue weighted by Crippen LogP contribution is -2.19. The van der Waals surface area contributed by atoms with Gasteiger partial charge in [-0.2, -0.15) is 0 Å². The molecule has 11 nitrogen and oxygen atoms in total. The summed E-state index contributed by atoms with van der Waals surface area (Å²) in [6, 6.07) is 11.2. The number of nitro benzene ring substituents is 2. The van der Waals surface area contributed by atoms with Crippen LogP contribution in [-0.2, 0) is 13.6 Å². The summed E-state index contributed by atoms with van der Waals surface area (Å²) in [6.45, 7) is 3.60. The van der Waals surface area contributed by atoms with E-state index in [2.05, 4.69) is 10.3 Å². The van der Waals surface area contributed by atoms with Crippen LogP contribution >= 0.6 is 7.60 Å². The molecule has 0 heterocycles. The Bertz CT molecular complexity index is 986. The summed E-state index contributed by atoms with van der Waals surface area (Å²) < 4.78 is 23.6. The second kappa shape index (κ2) is 10.6. The Hall–Kier alpha value is -3.14. The van der Waals surface area contributed by atoms with Crippen molar-refractivity contribution in [3.05, 3.63) is 68.8 Å². The molecule has 12 heteroatoms. The van der Waals surface area contributed by atoms with Crippen molar-refractivity contribution in [1.29, 1.82) is 0 Å². The molecule has 1 N–H and O–H groups in total. The molecule has 30 heavy (non-hydrogen) atoms. The average molecular weight is 436 g/mol. The summed E-state index contributed by atoms with van der Waals surface area (Å²) in [7, 11) is -3.57. The Morgan fingerprint density at radius 3 is 2.13 bits per heavy atom. The quantitative estimate of drug-likeness (QED) is 0.182. The minimum Gasteiger partial charge on any atom is -0.343 e. The average Bonchev–Trinajstić information content (AvgIpc) is 2.68. The second-order valence-corrected chi connectivity index (χ2v) is 7.93. The zero-order chi connectivity index (χ0) is 22.1. The summed E-state index contributed by atoms with van der Waals surface area (Å²) in [6.07, 6.45) is -0.264. The first kappa shape index (κ1) is 23.1. The van der Waals surface area contributed by atoms with Crippen molar-refractivity contribution in [3.8, 4) is 0 Å². The van der Waals surface area contributed by atoms with Gasteiger partial charge in [0.25, 0.3) is 11.4 Å². The van der Waals surface area contributed by atoms with Crippen LogP contribution in [-0.4, -0.2) is 35.1 Å². The number of nitrogens with zero attached hydrogens (tertiary/aromatic N) is 3. The van der Waals surface area contributed by atoms with E-state index in [0.29, 0.717) is 5.69 Å². The highest BCUT2D eigenvalue weighted by Crippen LogP contribution is 2.48. The molecule has 2 aromatic carbocycles. The molecule has 0 bridgehead atoms. The van der Waals surface area contributed by atoms with Crippen molar-refractivity contribution < 1.29 is 23.5 Å². The molecular formula is C18H21N4O7P. The number of nitrogens with one attached hydrogen (secondary N) is 1. The standard InChI is InChI=1S/C18H21N4O7P/c1-3-28-30(27,29-4-2)13-18(19-14-7-5-9-16(11-14)21(23)24)20-15-8-6-10-17(12-15)22(25)26/h5-12H,3-4,13H2,1-2H3,(H,19,20). The number of anilines is 1. The van der Waals surface area contributed by atoms with Gasteiger partial charge in [0.15, 0.2) is 0 Å². The lowest BCUT2D eigenvalue weighted by Gasteiger charge is -2.19. The summed E-state index contributed by atoms with van der Waals surface area (Å²) in [4.78, 5) is 25.3. The van der Waals surface area contributed by atoms with Crippen LogP contribution < -0.4 is 5.32 Å². The third-order valence-corrected chi connectivity index (χ3v) is 5.64. The monoisotopic (exact) mass is 436 g/mol. The molecule has 2 aromatic rings. The highest BCUT2D eigenvalue weighted by Gasteiger charge is 2.27. The van der Waals surface area contributed by atoms with E-state index < -0.39 is 17.4 Å². The second-order valence-electron chi connectivity index (χ2n) is 5.87. The Balaban J connectivity index is 2.45. The van der Waals surface area contributed by atoms with Gasteiger partial charge in [-0.1, -0.05) is 12.1 Å². The van der Waals surface area contributed by atoms with Gasteiger partial charge in [0.05, 0.1) is 28.7 Å². The fraction of sp³-hybridized carbons (Fsp3) is 0.278. The van der Waals surface area contributed by atoms with E-state index in [9.17, 15) is 24.8 Å². The van der Waals surface area contributed by atoms with Crippen LogP contribution in [0.1, 0.15) is 13.8 Å². The molecule has 0 unspecified atom stereocenters. The van der Waals surface area contributed by atoms with Crippen LogP contribution in [0.15, 0.2) is 53.5 Å². The van der Waals surface area contributed by atoms with Crippen molar-refractivity contribution in [2.45, 2.75) is 13.8 Å². The van der Waals surface area contributed by atoms with Gasteiger partial charge in [0, 0.05) is 30.0 Å². The maximum absolute atomic E-state index is 13.0. The van der Waals surface area contributed by atoms with Gasteiger partial charge in [-0.25, -0.2) is 4.99 Å². The molecule has 0 aliphatic heterocycles. The maximum Gasteiger partial charge on any atom is 0.338 e. The third kappa shape index (κ3) is 6.73. The van der Waals surface area contributed by atoms with E-state index in [1.807, 2.05) is 0 Å². The van der Waals surface area contributed by atoms with Crippen LogP contribution in [0.2, 0.25) is 0 Å². The molecular weight excluding hydrogens is 415 g/mol. The summed E-state index contributed by atoms with van der Waals surface area (Å²) in [5.74, 6) is 0.112. The van der Waals surface area contributed by atoms with Crippen molar-refractivity contribution in [2.24, 2.45) is 4.99 Å². The normalized spacial score (nSPS) is 11.9. The summed E-state index contributed by atoms with van der Waals surface area (Å²) >= 11 is 0. The van der Waals surface area contributed by atoms with E-state index in [0.717, 1.165) is 0 Å². The molecule has 0 aromatic heterocycles. The number of aliphatic imine (C=N–C) groups is 1. The molecule has 0 atom stereocenters. The Labute approximate surface area is 172 Å². The van der Waals surface area contributed by atoms with Crippen LogP contribution in [0.5, 0.6) is 0 Å². The molecule has 0 saturated heterocycles. The molecule has 0 saturated carbocycles. The van der Waals surface area contributed by atoms with Gasteiger partial charge >= 0.3 is 7.60 Å². The fourth-order valence-electron chi connectivity index (χ4n) is 2.50. The van der Waals surface area contributed by atoms with Gasteiger partial charge in [-0.3, -0.25) is 24.8 Å². The first-order valence-electron chi connectivity index (χ1n) is 8.98. The number of rotatable bonds is 10. The van der Waals surface area contributed by atoms with Gasteiger partial charge in [0.1, 0.15) is 12.0 Å². The fourth-order valence-corrected chi connectivity index (χ4v) is 4.06. The largest absolute Gasteiger partial charge is 0.343 e. The van der Waals surface area contributed by atoms with E-state index in [-0.39, 0.29) is 42.3 Å². The minimum atomic E-state index is -3.57. The molecule has 2 rings (SSSR count). The number of benzene rings is 2. The summed E-state index contributed by atoms with van der Waals surface area (Å²) in [5.41, 5.74) is 0.251. The first-order valence-corrected chi connectivity index (χ1v) is 10.7. The number of non-ortho nitro benzene ring substituents is 2. The highest BCUT2D eigenvalue weighted by atomic mass is 31.2. The Kier molecular flexibility index (Phi) is 8.16. The van der Waals surface area contributed by atoms with Gasteiger partial charge in [0.2, 0.25) is 0 Å². The van der Waals surface area contributed by atoms with Crippen molar-refractivity contribution >= 4 is 36.2 Å². The molecule has 0 spiro atoms. The SMILES string of the molecule is CCOP(=O)(CC(=Nc1cccc([N+](=O)[O-])c1)Nc1cccc([N+](=O)[O-])c1)OCC. The van der Waals surface area contributed by atoms with Gasteiger partial charge in [-0.05, 0) is 26.0 Å². The van der Waals surface area contributed by atoms with Gasteiger partial charge in [-0.15, -0.1) is 0 Å². The summed E-state index contributed by atoms with van der Waals surface area (Å²) in [5, 5.41) is 24.9. The Morgan fingerprint density at radius 2 is 1.57 bits per heavy atom. The van der Waals surface area contributed by atoms with Crippen molar-refractivity contribution in [1.82, 2.24) is 0 Å². The van der Waals surface area contributed by atoms with E-state index in [1.165, 1.54) is 42.5 Å². The van der Waals surface area contributed by atoms with E-state index in [1.54, 1.807) is 19.9 Å². The zero-order valence-corrected chi connectivity index (χ0v) is 17.3. The molecule has 0 amide bonds. The number of nitro groups is 2. The van der Waals surface area contributed by atoms with E-state index >= 15 is 0 Å². The van der Waals surface area contributed by atoms with E-state index in [4.69, 9.17) is 9.05 Å². The Morgan fingerprint density at radius 1 is 1.00 bits per heavy atom. The number of amidine groups is 1. The van der Waals surface area contributed by atoms with Crippen LogP contribution in [0.25, 0.3) is 0 Å².